The molecule has 0 fully saturated rings. The maximum Gasteiger partial charge on any atom is 0.0667 e. The van der Waals surface area contributed by atoms with E-state index in [0.717, 1.165) is 18.5 Å². The van der Waals surface area contributed by atoms with Gasteiger partial charge in [0.1, 0.15) is 0 Å². The Morgan fingerprint density at radius 1 is 1.62 bits per heavy atom. The highest BCUT2D eigenvalue weighted by molar-refractivity contribution is 5.17. The number of aromatic nitrogens is 2. The van der Waals surface area contributed by atoms with Gasteiger partial charge in [0.25, 0.3) is 0 Å². The molecule has 1 heterocycles. The van der Waals surface area contributed by atoms with Crippen LogP contribution in [0.2, 0.25) is 0 Å². The second kappa shape index (κ2) is 6.45. The van der Waals surface area contributed by atoms with Crippen molar-refractivity contribution in [3.8, 4) is 0 Å². The van der Waals surface area contributed by atoms with Gasteiger partial charge in [-0.3, -0.25) is 0 Å². The Balaban J connectivity index is 2.22. The van der Waals surface area contributed by atoms with Gasteiger partial charge in [-0.05, 0) is 12.3 Å². The van der Waals surface area contributed by atoms with E-state index in [4.69, 9.17) is 0 Å². The van der Waals surface area contributed by atoms with Crippen molar-refractivity contribution in [2.24, 2.45) is 5.92 Å². The summed E-state index contributed by atoms with van der Waals surface area (Å²) in [4.78, 5) is 0. The van der Waals surface area contributed by atoms with Crippen molar-refractivity contribution in [1.82, 2.24) is 15.1 Å². The molecule has 16 heavy (non-hydrogen) atoms. The van der Waals surface area contributed by atoms with Crippen molar-refractivity contribution in [1.29, 1.82) is 0 Å². The van der Waals surface area contributed by atoms with Crippen molar-refractivity contribution in [2.45, 2.75) is 32.9 Å². The molecule has 0 aliphatic rings. The molecule has 4 nitrogen and oxygen atoms in total. The Labute approximate surface area is 97.0 Å². The van der Waals surface area contributed by atoms with Gasteiger partial charge in [0.05, 0.1) is 12.3 Å². The van der Waals surface area contributed by atoms with Gasteiger partial charge in [0.2, 0.25) is 0 Å². The summed E-state index contributed by atoms with van der Waals surface area (Å²) < 4.78 is 1.67. The van der Waals surface area contributed by atoms with Crippen molar-refractivity contribution < 1.29 is 5.11 Å². The zero-order chi connectivity index (χ0) is 12.0. The Kier molecular flexibility index (Phi) is 5.22. The van der Waals surface area contributed by atoms with E-state index in [9.17, 15) is 5.11 Å². The molecule has 0 saturated carbocycles. The normalized spacial score (nSPS) is 13.0. The molecule has 0 aromatic carbocycles. The molecule has 4 heteroatoms. The number of aliphatic hydroxyl groups excluding tert-OH is 1. The third kappa shape index (κ3) is 4.59. The lowest BCUT2D eigenvalue weighted by Crippen LogP contribution is -2.27. The minimum absolute atomic E-state index is 0.269. The molecule has 0 spiro atoms. The molecule has 2 N–H and O–H groups in total. The quantitative estimate of drug-likeness (QED) is 0.736. The van der Waals surface area contributed by atoms with Crippen molar-refractivity contribution >= 4 is 6.20 Å². The van der Waals surface area contributed by atoms with Crippen LogP contribution in [-0.4, -0.2) is 27.5 Å². The molecular formula is C12H21N3O. The van der Waals surface area contributed by atoms with E-state index >= 15 is 0 Å². The summed E-state index contributed by atoms with van der Waals surface area (Å²) in [6, 6.07) is 0. The summed E-state index contributed by atoms with van der Waals surface area (Å²) in [5.74, 6) is 0.528. The van der Waals surface area contributed by atoms with Crippen LogP contribution in [0.4, 0.5) is 0 Å². The standard InChI is InChI=1S/C12H21N3O/c1-4-15-9-11(7-14-15)6-13-8-12(16)5-10(2)3/h4,7,9-10,12-13,16H,1,5-6,8H2,2-3H3. The molecule has 0 saturated heterocycles. The van der Waals surface area contributed by atoms with Gasteiger partial charge >= 0.3 is 0 Å². The molecule has 1 unspecified atom stereocenters. The fourth-order valence-corrected chi connectivity index (χ4v) is 1.58. The lowest BCUT2D eigenvalue weighted by Gasteiger charge is -2.13. The molecule has 1 atom stereocenters. The first-order valence-corrected chi connectivity index (χ1v) is 5.66. The molecule has 90 valence electrons. The molecule has 0 bridgehead atoms. The minimum Gasteiger partial charge on any atom is -0.392 e. The van der Waals surface area contributed by atoms with Gasteiger partial charge in [-0.15, -0.1) is 0 Å². The van der Waals surface area contributed by atoms with E-state index in [2.05, 4.69) is 30.8 Å². The Morgan fingerprint density at radius 2 is 2.38 bits per heavy atom. The smallest absolute Gasteiger partial charge is 0.0667 e. The Bertz CT molecular complexity index is 320. The number of aliphatic hydroxyl groups is 1. The summed E-state index contributed by atoms with van der Waals surface area (Å²) in [6.45, 7) is 9.19. The molecule has 1 aromatic heterocycles. The highest BCUT2D eigenvalue weighted by atomic mass is 16.3. The van der Waals surface area contributed by atoms with Crippen molar-refractivity contribution in [2.75, 3.05) is 6.54 Å². The van der Waals surface area contributed by atoms with E-state index in [1.54, 1.807) is 17.1 Å². The average Bonchev–Trinajstić information content (AvgIpc) is 2.64. The summed E-state index contributed by atoms with van der Waals surface area (Å²) >= 11 is 0. The Morgan fingerprint density at radius 3 is 2.94 bits per heavy atom. The molecule has 0 radical (unpaired) electrons. The molecular weight excluding hydrogens is 202 g/mol. The van der Waals surface area contributed by atoms with Crippen LogP contribution in [0, 0.1) is 5.92 Å². The van der Waals surface area contributed by atoms with Crippen LogP contribution in [0.15, 0.2) is 19.0 Å². The maximum atomic E-state index is 9.65. The fourth-order valence-electron chi connectivity index (χ4n) is 1.58. The highest BCUT2D eigenvalue weighted by Crippen LogP contribution is 2.04. The molecule has 1 aromatic rings. The largest absolute Gasteiger partial charge is 0.392 e. The van der Waals surface area contributed by atoms with Crippen LogP contribution in [0.1, 0.15) is 25.8 Å². The zero-order valence-electron chi connectivity index (χ0n) is 10.1. The second-order valence-electron chi connectivity index (χ2n) is 4.43. The third-order valence-corrected chi connectivity index (χ3v) is 2.29. The summed E-state index contributed by atoms with van der Waals surface area (Å²) in [7, 11) is 0. The summed E-state index contributed by atoms with van der Waals surface area (Å²) in [5.41, 5.74) is 1.09. The van der Waals surface area contributed by atoms with Gasteiger partial charge < -0.3 is 10.4 Å². The number of hydrogen-bond acceptors (Lipinski definition) is 3. The lowest BCUT2D eigenvalue weighted by molar-refractivity contribution is 0.146. The van der Waals surface area contributed by atoms with E-state index in [0.29, 0.717) is 12.5 Å². The van der Waals surface area contributed by atoms with E-state index in [1.165, 1.54) is 0 Å². The minimum atomic E-state index is -0.269. The van der Waals surface area contributed by atoms with Gasteiger partial charge in [-0.1, -0.05) is 20.4 Å². The SMILES string of the molecule is C=Cn1cc(CNCC(O)CC(C)C)cn1. The van der Waals surface area contributed by atoms with E-state index in [1.807, 2.05) is 6.20 Å². The van der Waals surface area contributed by atoms with Crippen LogP contribution >= 0.6 is 0 Å². The van der Waals surface area contributed by atoms with Crippen molar-refractivity contribution in [3.05, 3.63) is 24.5 Å². The average molecular weight is 223 g/mol. The van der Waals surface area contributed by atoms with Gasteiger partial charge in [-0.2, -0.15) is 5.10 Å². The number of hydrogen-bond donors (Lipinski definition) is 2. The van der Waals surface area contributed by atoms with Crippen LogP contribution in [0.25, 0.3) is 6.20 Å². The van der Waals surface area contributed by atoms with Gasteiger partial charge in [0.15, 0.2) is 0 Å². The number of nitrogens with one attached hydrogen (secondary N) is 1. The number of rotatable bonds is 7. The summed E-state index contributed by atoms with van der Waals surface area (Å²) in [5, 5.41) is 16.9. The first kappa shape index (κ1) is 12.9. The fraction of sp³-hybridized carbons (Fsp3) is 0.583. The van der Waals surface area contributed by atoms with Gasteiger partial charge in [-0.25, -0.2) is 4.68 Å². The first-order valence-electron chi connectivity index (χ1n) is 5.66. The topological polar surface area (TPSA) is 50.1 Å². The highest BCUT2D eigenvalue weighted by Gasteiger charge is 2.06. The molecule has 0 aliphatic heterocycles. The predicted octanol–water partition coefficient (Wildman–Crippen LogP) is 1.48. The summed E-state index contributed by atoms with van der Waals surface area (Å²) in [6.07, 6.45) is 5.92. The maximum absolute atomic E-state index is 9.65. The van der Waals surface area contributed by atoms with Crippen molar-refractivity contribution in [3.63, 3.8) is 0 Å². The van der Waals surface area contributed by atoms with Gasteiger partial charge in [0, 0.05) is 31.0 Å². The molecule has 0 aliphatic carbocycles. The number of nitrogens with zero attached hydrogens (tertiary/aromatic N) is 2. The van der Waals surface area contributed by atoms with Crippen LogP contribution < -0.4 is 5.32 Å². The Hall–Kier alpha value is -1.13. The van der Waals surface area contributed by atoms with E-state index in [-0.39, 0.29) is 6.10 Å². The van der Waals surface area contributed by atoms with Crippen LogP contribution in [0.3, 0.4) is 0 Å². The van der Waals surface area contributed by atoms with Crippen LogP contribution in [0.5, 0.6) is 0 Å². The zero-order valence-corrected chi connectivity index (χ0v) is 10.1. The molecule has 0 amide bonds. The second-order valence-corrected chi connectivity index (χ2v) is 4.43. The van der Waals surface area contributed by atoms with Crippen LogP contribution in [-0.2, 0) is 6.54 Å². The first-order chi connectivity index (χ1) is 7.61. The predicted molar refractivity (Wildman–Crippen MR) is 65.8 cm³/mol. The monoisotopic (exact) mass is 223 g/mol. The molecule has 1 rings (SSSR count). The third-order valence-electron chi connectivity index (χ3n) is 2.29. The lowest BCUT2D eigenvalue weighted by atomic mass is 10.1. The van der Waals surface area contributed by atoms with E-state index < -0.39 is 0 Å².